The summed E-state index contributed by atoms with van der Waals surface area (Å²) in [6.07, 6.45) is -0.0118. The van der Waals surface area contributed by atoms with Gasteiger partial charge in [0.1, 0.15) is 17.4 Å². The molecule has 0 unspecified atom stereocenters. The Balaban J connectivity index is 1.68. The number of benzene rings is 4. The molecule has 0 amide bonds. The SMILES string of the molecule is CCCCCCc1ccc2c(cc(F)c3cc(-c4ccc(OC(F)(F)F)cc4)ccc32)c1F. The van der Waals surface area contributed by atoms with Gasteiger partial charge < -0.3 is 4.74 Å². The number of fused-ring (bicyclic) bond motifs is 3. The van der Waals surface area contributed by atoms with Gasteiger partial charge in [-0.05, 0) is 64.6 Å². The van der Waals surface area contributed by atoms with Crippen LogP contribution in [0.25, 0.3) is 32.7 Å². The fraction of sp³-hybridized carbons (Fsp3) is 0.259. The Kier molecular flexibility index (Phi) is 6.54. The largest absolute Gasteiger partial charge is 0.573 e. The molecule has 0 heterocycles. The molecule has 0 aromatic heterocycles. The molecule has 0 saturated heterocycles. The summed E-state index contributed by atoms with van der Waals surface area (Å²) < 4.78 is 71.1. The van der Waals surface area contributed by atoms with Crippen LogP contribution in [0, 0.1) is 11.6 Å². The molecule has 0 aliphatic carbocycles. The van der Waals surface area contributed by atoms with Gasteiger partial charge in [0.25, 0.3) is 0 Å². The van der Waals surface area contributed by atoms with Gasteiger partial charge in [-0.1, -0.05) is 62.6 Å². The molecule has 4 aromatic carbocycles. The number of unbranched alkanes of at least 4 members (excludes halogenated alkanes) is 3. The standard InChI is InChI=1S/C27H23F5O/c1-2-3-4-5-6-18-9-13-22-21-14-10-19(15-23(21)25(28)16-24(22)26(18)29)17-7-11-20(12-8-17)33-27(30,31)32/h7-16H,2-6H2,1H3. The monoisotopic (exact) mass is 458 g/mol. The van der Waals surface area contributed by atoms with Crippen LogP contribution in [0.5, 0.6) is 5.75 Å². The van der Waals surface area contributed by atoms with E-state index in [2.05, 4.69) is 11.7 Å². The van der Waals surface area contributed by atoms with Crippen molar-refractivity contribution in [3.63, 3.8) is 0 Å². The third-order valence-electron chi connectivity index (χ3n) is 5.82. The van der Waals surface area contributed by atoms with Crippen LogP contribution >= 0.6 is 0 Å². The number of ether oxygens (including phenoxy) is 1. The maximum Gasteiger partial charge on any atom is 0.573 e. The zero-order valence-electron chi connectivity index (χ0n) is 18.1. The Morgan fingerprint density at radius 3 is 2.06 bits per heavy atom. The van der Waals surface area contributed by atoms with E-state index in [0.29, 0.717) is 39.3 Å². The fourth-order valence-corrected chi connectivity index (χ4v) is 4.16. The lowest BCUT2D eigenvalue weighted by Gasteiger charge is -2.12. The molecular weight excluding hydrogens is 435 g/mol. The Hall–Kier alpha value is -3.15. The lowest BCUT2D eigenvalue weighted by Crippen LogP contribution is -2.16. The van der Waals surface area contributed by atoms with Gasteiger partial charge in [0.2, 0.25) is 0 Å². The smallest absolute Gasteiger partial charge is 0.406 e. The first kappa shape index (κ1) is 23.0. The van der Waals surface area contributed by atoms with Gasteiger partial charge >= 0.3 is 6.36 Å². The number of hydrogen-bond donors (Lipinski definition) is 0. The number of hydrogen-bond acceptors (Lipinski definition) is 1. The van der Waals surface area contributed by atoms with E-state index < -0.39 is 12.2 Å². The second-order valence-corrected chi connectivity index (χ2v) is 8.14. The second-order valence-electron chi connectivity index (χ2n) is 8.14. The quantitative estimate of drug-likeness (QED) is 0.153. The average Bonchev–Trinajstić information content (AvgIpc) is 2.78. The summed E-state index contributed by atoms with van der Waals surface area (Å²) in [7, 11) is 0. The fourth-order valence-electron chi connectivity index (χ4n) is 4.16. The topological polar surface area (TPSA) is 9.23 Å². The molecule has 0 spiro atoms. The highest BCUT2D eigenvalue weighted by Crippen LogP contribution is 2.35. The molecule has 0 N–H and O–H groups in total. The average molecular weight is 458 g/mol. The van der Waals surface area contributed by atoms with Crippen molar-refractivity contribution in [1.82, 2.24) is 0 Å². The van der Waals surface area contributed by atoms with E-state index in [0.717, 1.165) is 25.7 Å². The van der Waals surface area contributed by atoms with E-state index in [-0.39, 0.29) is 17.0 Å². The first-order valence-corrected chi connectivity index (χ1v) is 11.0. The van der Waals surface area contributed by atoms with Crippen molar-refractivity contribution in [2.45, 2.75) is 45.4 Å². The van der Waals surface area contributed by atoms with Crippen LogP contribution in [0.4, 0.5) is 22.0 Å². The van der Waals surface area contributed by atoms with Crippen molar-refractivity contribution in [3.05, 3.63) is 77.9 Å². The van der Waals surface area contributed by atoms with Gasteiger partial charge in [0.05, 0.1) is 0 Å². The van der Waals surface area contributed by atoms with Crippen LogP contribution in [0.2, 0.25) is 0 Å². The van der Waals surface area contributed by atoms with E-state index in [1.165, 1.54) is 30.3 Å². The summed E-state index contributed by atoms with van der Waals surface area (Å²) in [4.78, 5) is 0. The summed E-state index contributed by atoms with van der Waals surface area (Å²) in [5, 5.41) is 1.80. The van der Waals surface area contributed by atoms with Gasteiger partial charge in [-0.15, -0.1) is 13.2 Å². The lowest BCUT2D eigenvalue weighted by molar-refractivity contribution is -0.274. The van der Waals surface area contributed by atoms with Crippen molar-refractivity contribution in [3.8, 4) is 16.9 Å². The van der Waals surface area contributed by atoms with Crippen LogP contribution in [0.3, 0.4) is 0 Å². The number of alkyl halides is 3. The maximum absolute atomic E-state index is 15.1. The summed E-state index contributed by atoms with van der Waals surface area (Å²) in [6, 6.07) is 15.3. The van der Waals surface area contributed by atoms with Crippen LogP contribution in [-0.2, 0) is 6.42 Å². The van der Waals surface area contributed by atoms with Crippen molar-refractivity contribution in [2.24, 2.45) is 0 Å². The predicted octanol–water partition coefficient (Wildman–Crippen LogP) is 8.96. The predicted molar refractivity (Wildman–Crippen MR) is 121 cm³/mol. The highest BCUT2D eigenvalue weighted by Gasteiger charge is 2.31. The van der Waals surface area contributed by atoms with Crippen molar-refractivity contribution >= 4 is 21.5 Å². The Morgan fingerprint density at radius 1 is 0.697 bits per heavy atom. The van der Waals surface area contributed by atoms with Gasteiger partial charge in [-0.3, -0.25) is 0 Å². The van der Waals surface area contributed by atoms with Gasteiger partial charge in [0.15, 0.2) is 0 Å². The molecule has 0 saturated carbocycles. The second kappa shape index (κ2) is 9.38. The minimum absolute atomic E-state index is 0.259. The van der Waals surface area contributed by atoms with Gasteiger partial charge in [0, 0.05) is 10.8 Å². The molecular formula is C27H23F5O. The normalized spacial score (nSPS) is 11.9. The minimum atomic E-state index is -4.76. The zero-order chi connectivity index (χ0) is 23.6. The molecule has 0 bridgehead atoms. The third-order valence-corrected chi connectivity index (χ3v) is 5.82. The first-order valence-electron chi connectivity index (χ1n) is 11.0. The summed E-state index contributed by atoms with van der Waals surface area (Å²) in [5.74, 6) is -1.25. The van der Waals surface area contributed by atoms with Crippen LogP contribution in [0.1, 0.15) is 38.2 Å². The highest BCUT2D eigenvalue weighted by atomic mass is 19.4. The molecule has 0 atom stereocenters. The van der Waals surface area contributed by atoms with Crippen LogP contribution in [0.15, 0.2) is 60.7 Å². The molecule has 6 heteroatoms. The zero-order valence-corrected chi connectivity index (χ0v) is 18.1. The first-order chi connectivity index (χ1) is 15.8. The summed E-state index contributed by atoms with van der Waals surface area (Å²) >= 11 is 0. The summed E-state index contributed by atoms with van der Waals surface area (Å²) in [6.45, 7) is 2.12. The number of aryl methyl sites for hydroxylation is 1. The molecule has 0 radical (unpaired) electrons. The van der Waals surface area contributed by atoms with E-state index in [1.54, 1.807) is 24.3 Å². The molecule has 4 aromatic rings. The Labute approximate surface area is 188 Å². The van der Waals surface area contributed by atoms with Gasteiger partial charge in [-0.2, -0.15) is 0 Å². The molecule has 33 heavy (non-hydrogen) atoms. The lowest BCUT2D eigenvalue weighted by atomic mass is 9.94. The molecule has 0 aliphatic heterocycles. The van der Waals surface area contributed by atoms with Crippen LogP contribution < -0.4 is 4.74 Å². The Morgan fingerprint density at radius 2 is 1.36 bits per heavy atom. The Bertz CT molecular complexity index is 1280. The number of halogens is 5. The van der Waals surface area contributed by atoms with Crippen molar-refractivity contribution in [2.75, 3.05) is 0 Å². The molecule has 0 fully saturated rings. The summed E-state index contributed by atoms with van der Waals surface area (Å²) in [5.41, 5.74) is 1.84. The van der Waals surface area contributed by atoms with E-state index in [1.807, 2.05) is 6.07 Å². The van der Waals surface area contributed by atoms with Crippen LogP contribution in [-0.4, -0.2) is 6.36 Å². The van der Waals surface area contributed by atoms with Gasteiger partial charge in [-0.25, -0.2) is 8.78 Å². The maximum atomic E-state index is 15.1. The van der Waals surface area contributed by atoms with E-state index in [9.17, 15) is 13.2 Å². The third kappa shape index (κ3) is 5.10. The highest BCUT2D eigenvalue weighted by molar-refractivity contribution is 6.09. The van der Waals surface area contributed by atoms with Crippen molar-refractivity contribution in [1.29, 1.82) is 0 Å². The minimum Gasteiger partial charge on any atom is -0.406 e. The van der Waals surface area contributed by atoms with E-state index >= 15 is 8.78 Å². The van der Waals surface area contributed by atoms with Crippen molar-refractivity contribution < 1.29 is 26.7 Å². The molecule has 172 valence electrons. The number of rotatable bonds is 7. The van der Waals surface area contributed by atoms with E-state index in [4.69, 9.17) is 0 Å². The molecule has 1 nitrogen and oxygen atoms in total. The molecule has 4 rings (SSSR count). The molecule has 0 aliphatic rings.